The number of rotatable bonds is 8. The number of nitrogens with zero attached hydrogens (tertiary/aromatic N) is 2. The molecule has 0 spiro atoms. The van der Waals surface area contributed by atoms with Gasteiger partial charge in [0.1, 0.15) is 0 Å². The van der Waals surface area contributed by atoms with Crippen LogP contribution in [0.15, 0.2) is 0 Å². The van der Waals surface area contributed by atoms with Crippen molar-refractivity contribution in [1.29, 1.82) is 0 Å². The Morgan fingerprint density at radius 2 is 1.81 bits per heavy atom. The summed E-state index contributed by atoms with van der Waals surface area (Å²) in [6.45, 7) is 15.3. The van der Waals surface area contributed by atoms with Crippen molar-refractivity contribution in [3.63, 3.8) is 0 Å². The second-order valence-corrected chi connectivity index (χ2v) is 4.71. The molecular formula is C13H29N3. The van der Waals surface area contributed by atoms with Crippen molar-refractivity contribution < 1.29 is 0 Å². The van der Waals surface area contributed by atoms with E-state index in [0.717, 1.165) is 6.04 Å². The SMILES string of the molecule is CCCN(CCN(CC)CC)C1CCNC1. The maximum Gasteiger partial charge on any atom is 0.0233 e. The summed E-state index contributed by atoms with van der Waals surface area (Å²) >= 11 is 0. The molecule has 16 heavy (non-hydrogen) atoms. The molecule has 1 fully saturated rings. The minimum Gasteiger partial charge on any atom is -0.315 e. The number of nitrogens with one attached hydrogen (secondary N) is 1. The fourth-order valence-electron chi connectivity index (χ4n) is 2.52. The van der Waals surface area contributed by atoms with Crippen LogP contribution in [-0.2, 0) is 0 Å². The van der Waals surface area contributed by atoms with Gasteiger partial charge in [-0.05, 0) is 39.0 Å². The van der Waals surface area contributed by atoms with E-state index < -0.39 is 0 Å². The Morgan fingerprint density at radius 3 is 2.31 bits per heavy atom. The molecule has 96 valence electrons. The molecule has 3 nitrogen and oxygen atoms in total. The summed E-state index contributed by atoms with van der Waals surface area (Å²) in [6, 6.07) is 0.788. The molecule has 0 amide bonds. The second kappa shape index (κ2) is 8.04. The number of hydrogen-bond acceptors (Lipinski definition) is 3. The van der Waals surface area contributed by atoms with E-state index >= 15 is 0 Å². The van der Waals surface area contributed by atoms with Gasteiger partial charge in [-0.2, -0.15) is 0 Å². The van der Waals surface area contributed by atoms with Crippen LogP contribution in [0, 0.1) is 0 Å². The summed E-state index contributed by atoms with van der Waals surface area (Å²) in [4.78, 5) is 5.20. The van der Waals surface area contributed by atoms with Crippen LogP contribution in [0.2, 0.25) is 0 Å². The lowest BCUT2D eigenvalue weighted by molar-refractivity contribution is 0.173. The van der Waals surface area contributed by atoms with Crippen molar-refractivity contribution >= 4 is 0 Å². The lowest BCUT2D eigenvalue weighted by Gasteiger charge is -2.30. The van der Waals surface area contributed by atoms with Crippen molar-refractivity contribution in [2.24, 2.45) is 0 Å². The molecule has 1 N–H and O–H groups in total. The van der Waals surface area contributed by atoms with Crippen molar-refractivity contribution in [3.8, 4) is 0 Å². The molecule has 1 rings (SSSR count). The molecule has 0 aromatic heterocycles. The van der Waals surface area contributed by atoms with Gasteiger partial charge in [0, 0.05) is 25.7 Å². The topological polar surface area (TPSA) is 18.5 Å². The van der Waals surface area contributed by atoms with E-state index in [1.165, 1.54) is 58.7 Å². The van der Waals surface area contributed by atoms with Gasteiger partial charge in [-0.1, -0.05) is 20.8 Å². The van der Waals surface area contributed by atoms with Gasteiger partial charge in [-0.15, -0.1) is 0 Å². The van der Waals surface area contributed by atoms with E-state index in [4.69, 9.17) is 0 Å². The zero-order valence-electron chi connectivity index (χ0n) is 11.3. The summed E-state index contributed by atoms with van der Waals surface area (Å²) in [6.07, 6.45) is 2.60. The van der Waals surface area contributed by atoms with E-state index in [9.17, 15) is 0 Å². The molecule has 1 aliphatic heterocycles. The molecule has 0 aromatic carbocycles. The Morgan fingerprint density at radius 1 is 1.06 bits per heavy atom. The van der Waals surface area contributed by atoms with Crippen LogP contribution >= 0.6 is 0 Å². The zero-order valence-corrected chi connectivity index (χ0v) is 11.3. The maximum absolute atomic E-state index is 3.47. The fraction of sp³-hybridized carbons (Fsp3) is 1.00. The van der Waals surface area contributed by atoms with E-state index in [1.54, 1.807) is 0 Å². The maximum atomic E-state index is 3.47. The molecule has 0 aliphatic carbocycles. The van der Waals surface area contributed by atoms with Crippen molar-refractivity contribution in [2.45, 2.75) is 39.7 Å². The Labute approximate surface area is 101 Å². The average Bonchev–Trinajstić information content (AvgIpc) is 2.82. The van der Waals surface area contributed by atoms with Gasteiger partial charge in [0.05, 0.1) is 0 Å². The molecule has 1 saturated heterocycles. The third-order valence-electron chi connectivity index (χ3n) is 3.66. The fourth-order valence-corrected chi connectivity index (χ4v) is 2.52. The van der Waals surface area contributed by atoms with Crippen LogP contribution < -0.4 is 5.32 Å². The monoisotopic (exact) mass is 227 g/mol. The van der Waals surface area contributed by atoms with E-state index in [1.807, 2.05) is 0 Å². The Kier molecular flexibility index (Phi) is 7.01. The highest BCUT2D eigenvalue weighted by Gasteiger charge is 2.21. The lowest BCUT2D eigenvalue weighted by Crippen LogP contribution is -2.42. The third kappa shape index (κ3) is 4.40. The third-order valence-corrected chi connectivity index (χ3v) is 3.66. The van der Waals surface area contributed by atoms with Crippen molar-refractivity contribution in [1.82, 2.24) is 15.1 Å². The van der Waals surface area contributed by atoms with Crippen LogP contribution in [0.5, 0.6) is 0 Å². The summed E-state index contributed by atoms with van der Waals surface area (Å²) in [5, 5.41) is 3.47. The van der Waals surface area contributed by atoms with Gasteiger partial charge < -0.3 is 10.2 Å². The summed E-state index contributed by atoms with van der Waals surface area (Å²) in [7, 11) is 0. The summed E-state index contributed by atoms with van der Waals surface area (Å²) < 4.78 is 0. The summed E-state index contributed by atoms with van der Waals surface area (Å²) in [5.74, 6) is 0. The largest absolute Gasteiger partial charge is 0.315 e. The molecule has 1 heterocycles. The van der Waals surface area contributed by atoms with Crippen LogP contribution in [0.3, 0.4) is 0 Å². The zero-order chi connectivity index (χ0) is 11.8. The Bertz CT molecular complexity index is 163. The standard InChI is InChI=1S/C13H29N3/c1-4-9-16(13-7-8-14-12-13)11-10-15(5-2)6-3/h13-14H,4-12H2,1-3H3. The predicted molar refractivity (Wildman–Crippen MR) is 70.9 cm³/mol. The molecule has 0 bridgehead atoms. The van der Waals surface area contributed by atoms with Crippen LogP contribution in [-0.4, -0.2) is 61.7 Å². The Hall–Kier alpha value is -0.120. The highest BCUT2D eigenvalue weighted by Crippen LogP contribution is 2.09. The van der Waals surface area contributed by atoms with E-state index in [-0.39, 0.29) is 0 Å². The first-order chi connectivity index (χ1) is 7.81. The molecule has 0 saturated carbocycles. The molecular weight excluding hydrogens is 198 g/mol. The minimum absolute atomic E-state index is 0.788. The lowest BCUT2D eigenvalue weighted by atomic mass is 10.2. The van der Waals surface area contributed by atoms with Crippen molar-refractivity contribution in [2.75, 3.05) is 45.8 Å². The van der Waals surface area contributed by atoms with E-state index in [0.29, 0.717) is 0 Å². The van der Waals surface area contributed by atoms with Gasteiger partial charge in [0.15, 0.2) is 0 Å². The molecule has 1 unspecified atom stereocenters. The normalized spacial score (nSPS) is 21.2. The highest BCUT2D eigenvalue weighted by atomic mass is 15.2. The molecule has 3 heteroatoms. The summed E-state index contributed by atoms with van der Waals surface area (Å²) in [5.41, 5.74) is 0. The van der Waals surface area contributed by atoms with Gasteiger partial charge in [0.2, 0.25) is 0 Å². The highest BCUT2D eigenvalue weighted by molar-refractivity contribution is 4.80. The number of likely N-dealkylation sites (N-methyl/N-ethyl adjacent to an activating group) is 1. The van der Waals surface area contributed by atoms with Crippen LogP contribution in [0.4, 0.5) is 0 Å². The van der Waals surface area contributed by atoms with Crippen LogP contribution in [0.25, 0.3) is 0 Å². The van der Waals surface area contributed by atoms with Gasteiger partial charge in [-0.25, -0.2) is 0 Å². The smallest absolute Gasteiger partial charge is 0.0233 e. The van der Waals surface area contributed by atoms with Gasteiger partial charge >= 0.3 is 0 Å². The van der Waals surface area contributed by atoms with Gasteiger partial charge in [0.25, 0.3) is 0 Å². The second-order valence-electron chi connectivity index (χ2n) is 4.71. The minimum atomic E-state index is 0.788. The first-order valence-corrected chi connectivity index (χ1v) is 6.98. The first-order valence-electron chi connectivity index (χ1n) is 6.98. The molecule has 0 radical (unpaired) electrons. The van der Waals surface area contributed by atoms with Crippen LogP contribution in [0.1, 0.15) is 33.6 Å². The molecule has 1 atom stereocenters. The van der Waals surface area contributed by atoms with Crippen molar-refractivity contribution in [3.05, 3.63) is 0 Å². The predicted octanol–water partition coefficient (Wildman–Crippen LogP) is 1.40. The number of hydrogen-bond donors (Lipinski definition) is 1. The molecule has 0 aromatic rings. The quantitative estimate of drug-likeness (QED) is 0.676. The van der Waals surface area contributed by atoms with E-state index in [2.05, 4.69) is 35.9 Å². The van der Waals surface area contributed by atoms with Gasteiger partial charge in [-0.3, -0.25) is 4.90 Å². The Balaban J connectivity index is 2.31. The first kappa shape index (κ1) is 13.9. The average molecular weight is 227 g/mol. The molecule has 1 aliphatic rings.